The number of aromatic nitrogens is 2. The number of hydrogen-bond donors (Lipinski definition) is 0. The first kappa shape index (κ1) is 17.8. The highest BCUT2D eigenvalue weighted by molar-refractivity contribution is 7.11. The molecular formula is C19H19N3O4S. The SMILES string of the molecule is CCOOC(=O)c1ccc(-c2cnc3c(N4CCOCC4)snc3c2)cc1. The quantitative estimate of drug-likeness (QED) is 0.493. The van der Waals surface area contributed by atoms with Gasteiger partial charge < -0.3 is 9.64 Å². The van der Waals surface area contributed by atoms with Crippen molar-refractivity contribution in [2.24, 2.45) is 0 Å². The highest BCUT2D eigenvalue weighted by atomic mass is 32.1. The van der Waals surface area contributed by atoms with E-state index in [1.165, 1.54) is 11.5 Å². The summed E-state index contributed by atoms with van der Waals surface area (Å²) in [6, 6.07) is 9.17. The van der Waals surface area contributed by atoms with Crippen LogP contribution in [0.5, 0.6) is 0 Å². The van der Waals surface area contributed by atoms with Crippen LogP contribution >= 0.6 is 11.5 Å². The monoisotopic (exact) mass is 385 g/mol. The maximum Gasteiger partial charge on any atom is 0.373 e. The summed E-state index contributed by atoms with van der Waals surface area (Å²) >= 11 is 1.47. The Hall–Kier alpha value is -2.55. The summed E-state index contributed by atoms with van der Waals surface area (Å²) in [6.07, 6.45) is 1.84. The van der Waals surface area contributed by atoms with Crippen molar-refractivity contribution in [3.05, 3.63) is 42.1 Å². The Morgan fingerprint density at radius 1 is 1.22 bits per heavy atom. The second-order valence-electron chi connectivity index (χ2n) is 6.03. The maximum absolute atomic E-state index is 11.8. The summed E-state index contributed by atoms with van der Waals surface area (Å²) in [4.78, 5) is 28.1. The van der Waals surface area contributed by atoms with Gasteiger partial charge in [0.1, 0.15) is 16.0 Å². The van der Waals surface area contributed by atoms with Gasteiger partial charge in [0.2, 0.25) is 0 Å². The Balaban J connectivity index is 1.56. The lowest BCUT2D eigenvalue weighted by Crippen LogP contribution is -2.35. The van der Waals surface area contributed by atoms with Crippen LogP contribution in [0.1, 0.15) is 17.3 Å². The summed E-state index contributed by atoms with van der Waals surface area (Å²) < 4.78 is 9.98. The van der Waals surface area contributed by atoms with Crippen molar-refractivity contribution in [3.63, 3.8) is 0 Å². The number of rotatable bonds is 5. The Bertz CT molecular complexity index is 936. The van der Waals surface area contributed by atoms with Crippen molar-refractivity contribution in [2.75, 3.05) is 37.8 Å². The van der Waals surface area contributed by atoms with Crippen LogP contribution < -0.4 is 4.90 Å². The molecule has 1 aliphatic rings. The van der Waals surface area contributed by atoms with E-state index in [0.717, 1.165) is 53.5 Å². The fourth-order valence-electron chi connectivity index (χ4n) is 2.91. The number of pyridine rings is 1. The van der Waals surface area contributed by atoms with E-state index >= 15 is 0 Å². The molecule has 0 amide bonds. The summed E-state index contributed by atoms with van der Waals surface area (Å²) in [7, 11) is 0. The molecule has 1 fully saturated rings. The Morgan fingerprint density at radius 3 is 2.74 bits per heavy atom. The highest BCUT2D eigenvalue weighted by Crippen LogP contribution is 2.32. The van der Waals surface area contributed by atoms with Gasteiger partial charge >= 0.3 is 5.97 Å². The molecule has 140 valence electrons. The van der Waals surface area contributed by atoms with Gasteiger partial charge in [0, 0.05) is 24.8 Å². The zero-order valence-electron chi connectivity index (χ0n) is 14.9. The number of benzene rings is 1. The van der Waals surface area contributed by atoms with Gasteiger partial charge in [-0.25, -0.2) is 4.79 Å². The molecule has 8 heteroatoms. The topological polar surface area (TPSA) is 73.8 Å². The van der Waals surface area contributed by atoms with Crippen molar-refractivity contribution in [1.29, 1.82) is 0 Å². The number of hydrogen-bond acceptors (Lipinski definition) is 8. The second-order valence-corrected chi connectivity index (χ2v) is 6.79. The van der Waals surface area contributed by atoms with Gasteiger partial charge in [0.15, 0.2) is 0 Å². The lowest BCUT2D eigenvalue weighted by Gasteiger charge is -2.26. The van der Waals surface area contributed by atoms with Gasteiger partial charge in [-0.1, -0.05) is 12.1 Å². The summed E-state index contributed by atoms with van der Waals surface area (Å²) in [5, 5.41) is 1.09. The molecule has 0 bridgehead atoms. The molecule has 0 aliphatic carbocycles. The lowest BCUT2D eigenvalue weighted by atomic mass is 10.1. The molecule has 0 unspecified atom stereocenters. The van der Waals surface area contributed by atoms with Crippen LogP contribution in [0.3, 0.4) is 0 Å². The first-order valence-corrected chi connectivity index (χ1v) is 9.56. The molecular weight excluding hydrogens is 366 g/mol. The third kappa shape index (κ3) is 3.78. The Kier molecular flexibility index (Phi) is 5.28. The molecule has 0 spiro atoms. The lowest BCUT2D eigenvalue weighted by molar-refractivity contribution is -0.236. The van der Waals surface area contributed by atoms with E-state index in [-0.39, 0.29) is 0 Å². The first-order chi connectivity index (χ1) is 13.3. The van der Waals surface area contributed by atoms with Crippen LogP contribution in [0.2, 0.25) is 0 Å². The molecule has 0 atom stereocenters. The second kappa shape index (κ2) is 7.99. The van der Waals surface area contributed by atoms with Gasteiger partial charge in [-0.15, -0.1) is 0 Å². The molecule has 2 aromatic heterocycles. The van der Waals surface area contributed by atoms with Gasteiger partial charge in [-0.2, -0.15) is 9.26 Å². The molecule has 3 heterocycles. The van der Waals surface area contributed by atoms with E-state index in [0.29, 0.717) is 12.2 Å². The minimum absolute atomic E-state index is 0.315. The molecule has 3 aromatic rings. The third-order valence-corrected chi connectivity index (χ3v) is 5.22. The number of carbonyl (C=O) groups is 1. The van der Waals surface area contributed by atoms with E-state index in [2.05, 4.69) is 24.0 Å². The largest absolute Gasteiger partial charge is 0.378 e. The number of carbonyl (C=O) groups excluding carboxylic acids is 1. The zero-order chi connectivity index (χ0) is 18.6. The van der Waals surface area contributed by atoms with Crippen LogP contribution in [0.15, 0.2) is 36.5 Å². The molecule has 0 N–H and O–H groups in total. The van der Waals surface area contributed by atoms with E-state index in [4.69, 9.17) is 4.74 Å². The Labute approximate surface area is 160 Å². The van der Waals surface area contributed by atoms with E-state index in [1.54, 1.807) is 19.1 Å². The molecule has 1 saturated heterocycles. The van der Waals surface area contributed by atoms with Gasteiger partial charge in [-0.3, -0.25) is 9.87 Å². The van der Waals surface area contributed by atoms with Crippen molar-refractivity contribution in [3.8, 4) is 11.1 Å². The number of fused-ring (bicyclic) bond motifs is 1. The smallest absolute Gasteiger partial charge is 0.373 e. The van der Waals surface area contributed by atoms with Crippen molar-refractivity contribution < 1.29 is 19.3 Å². The number of anilines is 1. The minimum atomic E-state index is -0.508. The Morgan fingerprint density at radius 2 is 2.00 bits per heavy atom. The molecule has 27 heavy (non-hydrogen) atoms. The highest BCUT2D eigenvalue weighted by Gasteiger charge is 2.18. The molecule has 0 saturated carbocycles. The first-order valence-electron chi connectivity index (χ1n) is 8.78. The summed E-state index contributed by atoms with van der Waals surface area (Å²) in [5.41, 5.74) is 4.13. The van der Waals surface area contributed by atoms with Crippen molar-refractivity contribution in [1.82, 2.24) is 9.36 Å². The average Bonchev–Trinajstić information content (AvgIpc) is 3.16. The normalized spacial score (nSPS) is 14.5. The van der Waals surface area contributed by atoms with E-state index < -0.39 is 5.97 Å². The van der Waals surface area contributed by atoms with Crippen LogP contribution in [0.4, 0.5) is 5.00 Å². The van der Waals surface area contributed by atoms with Gasteiger partial charge in [0.25, 0.3) is 0 Å². The van der Waals surface area contributed by atoms with Gasteiger partial charge in [-0.05, 0) is 42.2 Å². The predicted octanol–water partition coefficient (Wildman–Crippen LogP) is 3.30. The van der Waals surface area contributed by atoms with E-state index in [1.807, 2.05) is 24.4 Å². The van der Waals surface area contributed by atoms with Crippen molar-refractivity contribution >= 4 is 33.5 Å². The maximum atomic E-state index is 11.8. The fourth-order valence-corrected chi connectivity index (χ4v) is 3.78. The standard InChI is InChI=1S/C19H19N3O4S/c1-2-25-26-19(23)14-5-3-13(4-6-14)15-11-16-17(20-12-15)18(27-21-16)22-7-9-24-10-8-22/h3-6,11-12H,2,7-10H2,1H3. The molecule has 0 radical (unpaired) electrons. The summed E-state index contributed by atoms with van der Waals surface area (Å²) in [6.45, 7) is 5.25. The molecule has 1 aliphatic heterocycles. The predicted molar refractivity (Wildman–Crippen MR) is 103 cm³/mol. The number of ether oxygens (including phenoxy) is 1. The summed E-state index contributed by atoms with van der Waals surface area (Å²) in [5.74, 6) is -0.508. The van der Waals surface area contributed by atoms with Crippen molar-refractivity contribution in [2.45, 2.75) is 6.92 Å². The van der Waals surface area contributed by atoms with Gasteiger partial charge in [0.05, 0.1) is 25.4 Å². The molecule has 7 nitrogen and oxygen atoms in total. The average molecular weight is 385 g/mol. The van der Waals surface area contributed by atoms with Crippen LogP contribution in [0, 0.1) is 0 Å². The van der Waals surface area contributed by atoms with Crippen LogP contribution in [-0.2, 0) is 14.5 Å². The molecule has 4 rings (SSSR count). The van der Waals surface area contributed by atoms with E-state index in [9.17, 15) is 4.79 Å². The minimum Gasteiger partial charge on any atom is -0.378 e. The van der Waals surface area contributed by atoms with Crippen LogP contribution in [0.25, 0.3) is 22.2 Å². The van der Waals surface area contributed by atoms with Crippen LogP contribution in [-0.4, -0.2) is 48.2 Å². The zero-order valence-corrected chi connectivity index (χ0v) is 15.7. The number of nitrogens with zero attached hydrogens (tertiary/aromatic N) is 3. The molecule has 1 aromatic carbocycles. The number of morpholine rings is 1. The fraction of sp³-hybridized carbons (Fsp3) is 0.316. The third-order valence-electron chi connectivity index (χ3n) is 4.31.